The van der Waals surface area contributed by atoms with E-state index in [0.717, 1.165) is 12.8 Å². The van der Waals surface area contributed by atoms with Crippen LogP contribution < -0.4 is 5.73 Å². The Hall–Kier alpha value is -1.66. The third-order valence-corrected chi connectivity index (χ3v) is 3.76. The van der Waals surface area contributed by atoms with E-state index in [1.165, 1.54) is 18.2 Å². The van der Waals surface area contributed by atoms with E-state index in [2.05, 4.69) is 0 Å². The summed E-state index contributed by atoms with van der Waals surface area (Å²) >= 11 is 0. The Morgan fingerprint density at radius 3 is 2.80 bits per heavy atom. The van der Waals surface area contributed by atoms with Gasteiger partial charge in [0.05, 0.1) is 25.4 Å². The lowest BCUT2D eigenvalue weighted by Gasteiger charge is -2.38. The molecule has 2 N–H and O–H groups in total. The maximum absolute atomic E-state index is 13.2. The fourth-order valence-corrected chi connectivity index (χ4v) is 2.75. The molecule has 0 bridgehead atoms. The van der Waals surface area contributed by atoms with E-state index >= 15 is 0 Å². The predicted molar refractivity (Wildman–Crippen MR) is 70.6 cm³/mol. The van der Waals surface area contributed by atoms with Gasteiger partial charge in [0, 0.05) is 18.5 Å². The van der Waals surface area contributed by atoms with Crippen LogP contribution in [0.2, 0.25) is 0 Å². The highest BCUT2D eigenvalue weighted by atomic mass is 19.1. The second-order valence-corrected chi connectivity index (χ2v) is 5.17. The summed E-state index contributed by atoms with van der Waals surface area (Å²) in [6.45, 7) is 2.17. The van der Waals surface area contributed by atoms with Crippen LogP contribution >= 0.6 is 0 Å². The smallest absolute Gasteiger partial charge is 0.254 e. The molecule has 0 aliphatic carbocycles. The summed E-state index contributed by atoms with van der Waals surface area (Å²) in [5.41, 5.74) is 5.88. The normalized spacial score (nSPS) is 21.4. The Morgan fingerprint density at radius 2 is 2.10 bits per heavy atom. The van der Waals surface area contributed by atoms with Crippen LogP contribution in [0.1, 0.15) is 23.2 Å². The van der Waals surface area contributed by atoms with Crippen molar-refractivity contribution < 1.29 is 18.7 Å². The Bertz CT molecular complexity index is 529. The van der Waals surface area contributed by atoms with Crippen molar-refractivity contribution in [2.75, 3.05) is 32.0 Å². The molecule has 108 valence electrons. The summed E-state index contributed by atoms with van der Waals surface area (Å²) in [4.78, 5) is 14.1. The van der Waals surface area contributed by atoms with Crippen LogP contribution in [0.5, 0.6) is 0 Å². The predicted octanol–water partition coefficient (Wildman–Crippen LogP) is 1.39. The number of carbonyl (C=O) groups excluding carboxylic acids is 1. The molecule has 6 heteroatoms. The van der Waals surface area contributed by atoms with Gasteiger partial charge in [-0.25, -0.2) is 4.39 Å². The van der Waals surface area contributed by atoms with Crippen molar-refractivity contribution in [3.05, 3.63) is 29.6 Å². The summed E-state index contributed by atoms with van der Waals surface area (Å²) in [6, 6.07) is 4.03. The van der Waals surface area contributed by atoms with Gasteiger partial charge in [0.1, 0.15) is 5.82 Å². The molecule has 0 atom stereocenters. The molecule has 20 heavy (non-hydrogen) atoms. The number of benzene rings is 1. The molecular formula is C14H17FN2O3. The molecule has 0 radical (unpaired) electrons. The van der Waals surface area contributed by atoms with Crippen LogP contribution in [-0.4, -0.2) is 42.9 Å². The van der Waals surface area contributed by atoms with Crippen molar-refractivity contribution >= 4 is 11.6 Å². The number of nitrogens with two attached hydrogens (primary N) is 1. The van der Waals surface area contributed by atoms with Gasteiger partial charge < -0.3 is 20.1 Å². The lowest BCUT2D eigenvalue weighted by atomic mass is 10.0. The molecule has 0 unspecified atom stereocenters. The van der Waals surface area contributed by atoms with Crippen molar-refractivity contribution in [3.8, 4) is 0 Å². The number of hydrogen-bond acceptors (Lipinski definition) is 4. The molecule has 2 aliphatic heterocycles. The molecule has 5 nitrogen and oxygen atoms in total. The zero-order valence-corrected chi connectivity index (χ0v) is 11.1. The zero-order chi connectivity index (χ0) is 14.2. The van der Waals surface area contributed by atoms with E-state index in [1.54, 1.807) is 4.90 Å². The van der Waals surface area contributed by atoms with Crippen molar-refractivity contribution in [3.63, 3.8) is 0 Å². The van der Waals surface area contributed by atoms with Crippen molar-refractivity contribution in [1.29, 1.82) is 0 Å². The molecule has 3 rings (SSSR count). The first kappa shape index (κ1) is 13.3. The molecular weight excluding hydrogens is 263 g/mol. The minimum Gasteiger partial charge on any atom is -0.396 e. The second kappa shape index (κ2) is 5.03. The van der Waals surface area contributed by atoms with Crippen LogP contribution in [0.3, 0.4) is 0 Å². The van der Waals surface area contributed by atoms with Crippen LogP contribution in [-0.2, 0) is 9.47 Å². The number of nitrogen functional groups attached to an aromatic ring is 1. The van der Waals surface area contributed by atoms with Crippen molar-refractivity contribution in [2.45, 2.75) is 18.6 Å². The molecule has 0 aromatic heterocycles. The summed E-state index contributed by atoms with van der Waals surface area (Å²) in [7, 11) is 0. The lowest BCUT2D eigenvalue weighted by Crippen LogP contribution is -2.51. The highest BCUT2D eigenvalue weighted by Gasteiger charge is 2.42. The standard InChI is InChI=1S/C14H17FN2O3/c15-11-3-2-10(8-12(11)16)13(18)17-5-1-4-14(9-17)19-6-7-20-14/h2-3,8H,1,4-7,9,16H2. The van der Waals surface area contributed by atoms with E-state index < -0.39 is 11.6 Å². The third-order valence-electron chi connectivity index (χ3n) is 3.76. The number of halogens is 1. The Kier molecular flexibility index (Phi) is 3.35. The summed E-state index contributed by atoms with van der Waals surface area (Å²) < 4.78 is 24.4. The first-order valence-corrected chi connectivity index (χ1v) is 6.72. The van der Waals surface area contributed by atoms with Crippen LogP contribution in [0.25, 0.3) is 0 Å². The van der Waals surface area contributed by atoms with Gasteiger partial charge in [-0.3, -0.25) is 4.79 Å². The van der Waals surface area contributed by atoms with Gasteiger partial charge in [0.15, 0.2) is 5.79 Å². The summed E-state index contributed by atoms with van der Waals surface area (Å²) in [6.07, 6.45) is 1.62. The van der Waals surface area contributed by atoms with Gasteiger partial charge in [0.2, 0.25) is 0 Å². The number of hydrogen-bond donors (Lipinski definition) is 1. The van der Waals surface area contributed by atoms with Crippen LogP contribution in [0, 0.1) is 5.82 Å². The Morgan fingerprint density at radius 1 is 1.35 bits per heavy atom. The first-order valence-electron chi connectivity index (χ1n) is 6.72. The topological polar surface area (TPSA) is 64.8 Å². The average Bonchev–Trinajstić information content (AvgIpc) is 2.89. The number of anilines is 1. The average molecular weight is 280 g/mol. The number of nitrogens with zero attached hydrogens (tertiary/aromatic N) is 1. The Balaban J connectivity index is 1.77. The van der Waals surface area contributed by atoms with Gasteiger partial charge in [-0.1, -0.05) is 0 Å². The highest BCUT2D eigenvalue weighted by molar-refractivity contribution is 5.95. The molecule has 2 fully saturated rings. The van der Waals surface area contributed by atoms with Crippen molar-refractivity contribution in [1.82, 2.24) is 4.90 Å². The summed E-state index contributed by atoms with van der Waals surface area (Å²) in [5, 5.41) is 0. The lowest BCUT2D eigenvalue weighted by molar-refractivity contribution is -0.183. The minimum atomic E-state index is -0.653. The number of piperidine rings is 1. The number of carbonyl (C=O) groups is 1. The summed E-state index contributed by atoms with van der Waals surface area (Å²) in [5.74, 6) is -1.34. The minimum absolute atomic E-state index is 0.0176. The van der Waals surface area contributed by atoms with E-state index in [9.17, 15) is 9.18 Å². The third kappa shape index (κ3) is 2.36. The maximum atomic E-state index is 13.2. The largest absolute Gasteiger partial charge is 0.396 e. The quantitative estimate of drug-likeness (QED) is 0.789. The fraction of sp³-hybridized carbons (Fsp3) is 0.500. The molecule has 1 spiro atoms. The van der Waals surface area contributed by atoms with Crippen LogP contribution in [0.4, 0.5) is 10.1 Å². The second-order valence-electron chi connectivity index (χ2n) is 5.17. The number of amides is 1. The van der Waals surface area contributed by atoms with Gasteiger partial charge in [-0.05, 0) is 24.6 Å². The Labute approximate surface area is 116 Å². The van der Waals surface area contributed by atoms with E-state index in [-0.39, 0.29) is 11.6 Å². The molecule has 1 aromatic carbocycles. The number of rotatable bonds is 1. The van der Waals surface area contributed by atoms with Crippen molar-refractivity contribution in [2.24, 2.45) is 0 Å². The fourth-order valence-electron chi connectivity index (χ4n) is 2.75. The number of likely N-dealkylation sites (tertiary alicyclic amines) is 1. The van der Waals surface area contributed by atoms with Gasteiger partial charge >= 0.3 is 0 Å². The molecule has 1 aromatic rings. The SMILES string of the molecule is Nc1cc(C(=O)N2CCCC3(C2)OCCO3)ccc1F. The van der Waals surface area contributed by atoms with Gasteiger partial charge in [-0.2, -0.15) is 0 Å². The molecule has 2 saturated heterocycles. The monoisotopic (exact) mass is 280 g/mol. The maximum Gasteiger partial charge on any atom is 0.254 e. The van der Waals surface area contributed by atoms with Crippen LogP contribution in [0.15, 0.2) is 18.2 Å². The number of ether oxygens (including phenoxy) is 2. The molecule has 2 heterocycles. The van der Waals surface area contributed by atoms with E-state index in [1.807, 2.05) is 0 Å². The molecule has 2 aliphatic rings. The van der Waals surface area contributed by atoms with E-state index in [0.29, 0.717) is 31.9 Å². The zero-order valence-electron chi connectivity index (χ0n) is 11.1. The van der Waals surface area contributed by atoms with E-state index in [4.69, 9.17) is 15.2 Å². The molecule has 1 amide bonds. The highest BCUT2D eigenvalue weighted by Crippen LogP contribution is 2.30. The van der Waals surface area contributed by atoms with Gasteiger partial charge in [0.25, 0.3) is 5.91 Å². The molecule has 0 saturated carbocycles. The first-order chi connectivity index (χ1) is 9.60. The van der Waals surface area contributed by atoms with Gasteiger partial charge in [-0.15, -0.1) is 0 Å².